The molecule has 116 valence electrons. The van der Waals surface area contributed by atoms with Gasteiger partial charge in [0.05, 0.1) is 5.02 Å². The molecule has 3 aromatic rings. The van der Waals surface area contributed by atoms with E-state index >= 15 is 0 Å². The molecule has 2 aromatic carbocycles. The summed E-state index contributed by atoms with van der Waals surface area (Å²) in [6.45, 7) is 2.09. The lowest BCUT2D eigenvalue weighted by Gasteiger charge is -2.04. The molecule has 4 heteroatoms. The normalized spacial score (nSPS) is 10.5. The monoisotopic (exact) mass is 325 g/mol. The quantitative estimate of drug-likeness (QED) is 0.696. The van der Waals surface area contributed by atoms with Crippen LogP contribution in [0.5, 0.6) is 0 Å². The predicted molar refractivity (Wildman–Crippen MR) is 92.9 cm³/mol. The highest BCUT2D eigenvalue weighted by molar-refractivity contribution is 6.33. The van der Waals surface area contributed by atoms with Gasteiger partial charge < -0.3 is 9.73 Å². The van der Waals surface area contributed by atoms with Crippen LogP contribution in [0.25, 0.3) is 11.3 Å². The first-order valence-electron chi connectivity index (χ1n) is 7.42. The minimum absolute atomic E-state index is 0.250. The summed E-state index contributed by atoms with van der Waals surface area (Å²) in [5.41, 5.74) is 2.73. The van der Waals surface area contributed by atoms with Gasteiger partial charge in [0.25, 0.3) is 5.91 Å². The van der Waals surface area contributed by atoms with Crippen LogP contribution in [0.4, 0.5) is 5.69 Å². The van der Waals surface area contributed by atoms with Crippen molar-refractivity contribution in [3.05, 3.63) is 77.0 Å². The van der Waals surface area contributed by atoms with Crippen molar-refractivity contribution in [1.29, 1.82) is 0 Å². The van der Waals surface area contributed by atoms with Gasteiger partial charge in [-0.25, -0.2) is 0 Å². The highest BCUT2D eigenvalue weighted by atomic mass is 35.5. The second kappa shape index (κ2) is 6.71. The highest BCUT2D eigenvalue weighted by Gasteiger charge is 2.13. The van der Waals surface area contributed by atoms with Crippen molar-refractivity contribution in [2.75, 3.05) is 5.32 Å². The number of furan rings is 1. The standard InChI is InChI=1S/C19H16ClNO2/c1-2-13-7-9-14(10-8-13)21-19(22)18-12-11-17(23-18)15-5-3-4-6-16(15)20/h3-12H,2H2,1H3,(H,21,22). The number of aryl methyl sites for hydroxylation is 1. The second-order valence-electron chi connectivity index (χ2n) is 5.15. The van der Waals surface area contributed by atoms with Gasteiger partial charge in [0.2, 0.25) is 0 Å². The number of rotatable bonds is 4. The van der Waals surface area contributed by atoms with Crippen molar-refractivity contribution in [3.8, 4) is 11.3 Å². The smallest absolute Gasteiger partial charge is 0.291 e. The Morgan fingerprint density at radius 2 is 1.78 bits per heavy atom. The molecule has 3 nitrogen and oxygen atoms in total. The van der Waals surface area contributed by atoms with Crippen molar-refractivity contribution < 1.29 is 9.21 Å². The van der Waals surface area contributed by atoms with E-state index in [1.165, 1.54) is 5.56 Å². The van der Waals surface area contributed by atoms with E-state index in [4.69, 9.17) is 16.0 Å². The molecule has 0 aliphatic rings. The lowest BCUT2D eigenvalue weighted by molar-refractivity contribution is 0.0997. The Bertz CT molecular complexity index is 821. The van der Waals surface area contributed by atoms with Crippen LogP contribution in [0.2, 0.25) is 5.02 Å². The fourth-order valence-corrected chi connectivity index (χ4v) is 2.51. The summed E-state index contributed by atoms with van der Waals surface area (Å²) >= 11 is 6.15. The van der Waals surface area contributed by atoms with Crippen LogP contribution in [0.1, 0.15) is 23.0 Å². The number of carbonyl (C=O) groups is 1. The van der Waals surface area contributed by atoms with Crippen molar-refractivity contribution >= 4 is 23.2 Å². The Morgan fingerprint density at radius 1 is 1.04 bits per heavy atom. The summed E-state index contributed by atoms with van der Waals surface area (Å²) < 4.78 is 5.63. The molecule has 1 aromatic heterocycles. The van der Waals surface area contributed by atoms with Crippen LogP contribution >= 0.6 is 11.6 Å². The second-order valence-corrected chi connectivity index (χ2v) is 5.56. The van der Waals surface area contributed by atoms with E-state index in [9.17, 15) is 4.79 Å². The molecule has 0 saturated carbocycles. The summed E-state index contributed by atoms with van der Waals surface area (Å²) in [5, 5.41) is 3.41. The topological polar surface area (TPSA) is 42.2 Å². The van der Waals surface area contributed by atoms with Crippen LogP contribution < -0.4 is 5.32 Å². The number of benzene rings is 2. The molecule has 0 unspecified atom stereocenters. The van der Waals surface area contributed by atoms with Gasteiger partial charge in [0.1, 0.15) is 5.76 Å². The third kappa shape index (κ3) is 3.46. The van der Waals surface area contributed by atoms with E-state index in [0.717, 1.165) is 17.7 Å². The van der Waals surface area contributed by atoms with Crippen LogP contribution in [-0.4, -0.2) is 5.91 Å². The molecule has 1 amide bonds. The molecule has 0 fully saturated rings. The Labute approximate surface area is 139 Å². The molecule has 0 aliphatic carbocycles. The van der Waals surface area contributed by atoms with Gasteiger partial charge >= 0.3 is 0 Å². The van der Waals surface area contributed by atoms with Crippen molar-refractivity contribution in [2.45, 2.75) is 13.3 Å². The zero-order valence-corrected chi connectivity index (χ0v) is 13.4. The van der Waals surface area contributed by atoms with E-state index in [1.54, 1.807) is 18.2 Å². The number of amides is 1. The lowest BCUT2D eigenvalue weighted by atomic mass is 10.1. The third-order valence-corrected chi connectivity index (χ3v) is 3.92. The van der Waals surface area contributed by atoms with Crippen LogP contribution in [0.3, 0.4) is 0 Å². The summed E-state index contributed by atoms with van der Waals surface area (Å²) in [6, 6.07) is 18.5. The maximum atomic E-state index is 12.3. The SMILES string of the molecule is CCc1ccc(NC(=O)c2ccc(-c3ccccc3Cl)o2)cc1. The van der Waals surface area contributed by atoms with E-state index in [2.05, 4.69) is 12.2 Å². The largest absolute Gasteiger partial charge is 0.451 e. The maximum absolute atomic E-state index is 12.3. The van der Waals surface area contributed by atoms with Gasteiger partial charge in [-0.2, -0.15) is 0 Å². The molecule has 0 radical (unpaired) electrons. The molecule has 1 N–H and O–H groups in total. The van der Waals surface area contributed by atoms with Crippen LogP contribution in [-0.2, 0) is 6.42 Å². The molecule has 0 aliphatic heterocycles. The summed E-state index contributed by atoms with van der Waals surface area (Å²) in [6.07, 6.45) is 0.966. The molecule has 0 bridgehead atoms. The zero-order chi connectivity index (χ0) is 16.2. The van der Waals surface area contributed by atoms with E-state index in [-0.39, 0.29) is 11.7 Å². The zero-order valence-electron chi connectivity index (χ0n) is 12.7. The lowest BCUT2D eigenvalue weighted by Crippen LogP contribution is -2.10. The van der Waals surface area contributed by atoms with Crippen molar-refractivity contribution in [3.63, 3.8) is 0 Å². The fourth-order valence-electron chi connectivity index (χ4n) is 2.28. The predicted octanol–water partition coefficient (Wildman–Crippen LogP) is 5.41. The fraction of sp³-hybridized carbons (Fsp3) is 0.105. The number of halogens is 1. The molecule has 0 spiro atoms. The number of anilines is 1. The Morgan fingerprint density at radius 3 is 2.48 bits per heavy atom. The first kappa shape index (κ1) is 15.4. The van der Waals surface area contributed by atoms with Crippen molar-refractivity contribution in [2.24, 2.45) is 0 Å². The van der Waals surface area contributed by atoms with E-state index < -0.39 is 0 Å². The average molecular weight is 326 g/mol. The Kier molecular flexibility index (Phi) is 4.49. The minimum atomic E-state index is -0.285. The summed E-state index contributed by atoms with van der Waals surface area (Å²) in [4.78, 5) is 12.3. The van der Waals surface area contributed by atoms with Gasteiger partial charge in [-0.05, 0) is 48.4 Å². The van der Waals surface area contributed by atoms with Crippen LogP contribution in [0, 0.1) is 0 Å². The third-order valence-electron chi connectivity index (χ3n) is 3.59. The molecule has 1 heterocycles. The highest BCUT2D eigenvalue weighted by Crippen LogP contribution is 2.29. The molecule has 3 rings (SSSR count). The molecular formula is C19H16ClNO2. The first-order valence-corrected chi connectivity index (χ1v) is 7.80. The Hall–Kier alpha value is -2.52. The van der Waals surface area contributed by atoms with Gasteiger partial charge in [-0.3, -0.25) is 4.79 Å². The number of hydrogen-bond donors (Lipinski definition) is 1. The van der Waals surface area contributed by atoms with Gasteiger partial charge in [-0.15, -0.1) is 0 Å². The maximum Gasteiger partial charge on any atom is 0.291 e. The van der Waals surface area contributed by atoms with E-state index in [1.807, 2.05) is 42.5 Å². The minimum Gasteiger partial charge on any atom is -0.451 e. The molecule has 0 atom stereocenters. The van der Waals surface area contributed by atoms with E-state index in [0.29, 0.717) is 10.8 Å². The first-order chi connectivity index (χ1) is 11.2. The Balaban J connectivity index is 1.77. The summed E-state index contributed by atoms with van der Waals surface area (Å²) in [5.74, 6) is 0.536. The summed E-state index contributed by atoms with van der Waals surface area (Å²) in [7, 11) is 0. The average Bonchev–Trinajstić information content (AvgIpc) is 3.06. The van der Waals surface area contributed by atoms with Crippen LogP contribution in [0.15, 0.2) is 65.1 Å². The van der Waals surface area contributed by atoms with Gasteiger partial charge in [-0.1, -0.05) is 42.8 Å². The van der Waals surface area contributed by atoms with Gasteiger partial charge in [0.15, 0.2) is 5.76 Å². The van der Waals surface area contributed by atoms with Gasteiger partial charge in [0, 0.05) is 11.3 Å². The molecule has 23 heavy (non-hydrogen) atoms. The number of nitrogens with one attached hydrogen (secondary N) is 1. The molecular weight excluding hydrogens is 310 g/mol. The number of hydrogen-bond acceptors (Lipinski definition) is 2. The number of carbonyl (C=O) groups excluding carboxylic acids is 1. The van der Waals surface area contributed by atoms with Crippen molar-refractivity contribution in [1.82, 2.24) is 0 Å². The molecule has 0 saturated heterocycles.